The summed E-state index contributed by atoms with van der Waals surface area (Å²) in [7, 11) is -3.55. The predicted molar refractivity (Wildman–Crippen MR) is 97.4 cm³/mol. The second-order valence-corrected chi connectivity index (χ2v) is 8.21. The van der Waals surface area contributed by atoms with Crippen molar-refractivity contribution in [1.82, 2.24) is 8.96 Å². The summed E-state index contributed by atoms with van der Waals surface area (Å²) in [6.45, 7) is 3.92. The lowest BCUT2D eigenvalue weighted by Gasteiger charge is -2.11. The Labute approximate surface area is 141 Å². The van der Waals surface area contributed by atoms with Crippen LogP contribution in [0.1, 0.15) is 19.4 Å². The molecule has 0 saturated carbocycles. The summed E-state index contributed by atoms with van der Waals surface area (Å²) in [5.41, 5.74) is 8.90. The first-order valence-corrected chi connectivity index (χ1v) is 9.20. The van der Waals surface area contributed by atoms with E-state index in [9.17, 15) is 8.42 Å². The molecule has 3 N–H and O–H groups in total. The van der Waals surface area contributed by atoms with Crippen LogP contribution in [-0.4, -0.2) is 22.6 Å². The van der Waals surface area contributed by atoms with E-state index >= 15 is 0 Å². The molecule has 0 atom stereocenters. The first-order valence-electron chi connectivity index (χ1n) is 7.70. The van der Waals surface area contributed by atoms with Crippen molar-refractivity contribution in [3.8, 4) is 0 Å². The van der Waals surface area contributed by atoms with Gasteiger partial charge in [-0.15, -0.1) is 0 Å². The Morgan fingerprint density at radius 2 is 1.88 bits per heavy atom. The molecule has 0 fully saturated rings. The molecular formula is C17H20N4O2S. The van der Waals surface area contributed by atoms with E-state index in [2.05, 4.69) is 10.3 Å². The quantitative estimate of drug-likeness (QED) is 0.743. The molecule has 0 aliphatic rings. The summed E-state index contributed by atoms with van der Waals surface area (Å²) in [4.78, 5) is 4.20. The highest BCUT2D eigenvalue weighted by atomic mass is 32.2. The molecule has 6 nitrogen and oxygen atoms in total. The first-order chi connectivity index (χ1) is 11.4. The molecule has 0 aliphatic carbocycles. The van der Waals surface area contributed by atoms with Gasteiger partial charge >= 0.3 is 0 Å². The number of nitrogen functional groups attached to an aromatic ring is 1. The van der Waals surface area contributed by atoms with E-state index in [4.69, 9.17) is 5.73 Å². The van der Waals surface area contributed by atoms with E-state index < -0.39 is 15.3 Å². The molecule has 0 aliphatic heterocycles. The van der Waals surface area contributed by atoms with Crippen LogP contribution in [0.25, 0.3) is 11.0 Å². The number of fused-ring (bicyclic) bond motifs is 1. The minimum atomic E-state index is -3.55. The highest BCUT2D eigenvalue weighted by Gasteiger charge is 2.24. The van der Waals surface area contributed by atoms with Gasteiger partial charge in [0.2, 0.25) is 16.0 Å². The first kappa shape index (κ1) is 16.3. The fourth-order valence-electron chi connectivity index (χ4n) is 2.47. The summed E-state index contributed by atoms with van der Waals surface area (Å²) >= 11 is 0. The Kier molecular flexibility index (Phi) is 4.19. The number of aromatic nitrogens is 2. The van der Waals surface area contributed by atoms with Gasteiger partial charge in [-0.05, 0) is 37.6 Å². The lowest BCUT2D eigenvalue weighted by Crippen LogP contribution is -2.23. The zero-order valence-electron chi connectivity index (χ0n) is 13.6. The third-order valence-corrected chi connectivity index (χ3v) is 5.91. The molecule has 3 rings (SSSR count). The van der Waals surface area contributed by atoms with Gasteiger partial charge in [0.15, 0.2) is 0 Å². The number of benzene rings is 2. The normalized spacial score (nSPS) is 12.0. The van der Waals surface area contributed by atoms with Crippen LogP contribution in [0.2, 0.25) is 0 Å². The van der Waals surface area contributed by atoms with Crippen molar-refractivity contribution < 1.29 is 8.42 Å². The second-order valence-electron chi connectivity index (χ2n) is 5.87. The molecule has 0 bridgehead atoms. The van der Waals surface area contributed by atoms with Crippen molar-refractivity contribution in [2.45, 2.75) is 25.6 Å². The van der Waals surface area contributed by atoms with Gasteiger partial charge in [-0.3, -0.25) is 0 Å². The fourth-order valence-corrected chi connectivity index (χ4v) is 3.62. The van der Waals surface area contributed by atoms with Gasteiger partial charge in [0.1, 0.15) is 0 Å². The molecule has 0 spiro atoms. The largest absolute Gasteiger partial charge is 0.381 e. The van der Waals surface area contributed by atoms with E-state index in [1.807, 2.05) is 36.4 Å². The summed E-state index contributed by atoms with van der Waals surface area (Å²) < 4.78 is 26.0. The Morgan fingerprint density at radius 3 is 2.54 bits per heavy atom. The minimum Gasteiger partial charge on any atom is -0.381 e. The van der Waals surface area contributed by atoms with Gasteiger partial charge in [-0.2, -0.15) is 0 Å². The summed E-state index contributed by atoms with van der Waals surface area (Å²) in [5, 5.41) is 2.73. The number of anilines is 2. The molecule has 3 aromatic rings. The van der Waals surface area contributed by atoms with Crippen LogP contribution in [0.3, 0.4) is 0 Å². The molecule has 0 unspecified atom stereocenters. The number of nitrogens with two attached hydrogens (primary N) is 1. The number of rotatable bonds is 5. The third kappa shape index (κ3) is 2.94. The van der Waals surface area contributed by atoms with Crippen LogP contribution >= 0.6 is 0 Å². The maximum atomic E-state index is 12.5. The lowest BCUT2D eigenvalue weighted by atomic mass is 10.2. The van der Waals surface area contributed by atoms with E-state index in [1.165, 1.54) is 0 Å². The maximum Gasteiger partial charge on any atom is 0.244 e. The molecule has 0 radical (unpaired) electrons. The van der Waals surface area contributed by atoms with Gasteiger partial charge in [0.25, 0.3) is 0 Å². The van der Waals surface area contributed by atoms with E-state index in [1.54, 1.807) is 26.0 Å². The smallest absolute Gasteiger partial charge is 0.244 e. The standard InChI is InChI=1S/C17H20N4O2S/c1-12(2)24(22,23)21-16-9-8-14(10-15(16)20-17(21)18)19-11-13-6-4-3-5-7-13/h3-10,12,19H,11H2,1-2H3,(H2,18,20). The Bertz CT molecular complexity index is 963. The number of hydrogen-bond acceptors (Lipinski definition) is 5. The molecule has 2 aromatic carbocycles. The van der Waals surface area contributed by atoms with E-state index in [0.29, 0.717) is 17.6 Å². The summed E-state index contributed by atoms with van der Waals surface area (Å²) in [6, 6.07) is 15.4. The number of hydrogen-bond donors (Lipinski definition) is 2. The summed E-state index contributed by atoms with van der Waals surface area (Å²) in [6.07, 6.45) is 0. The molecule has 24 heavy (non-hydrogen) atoms. The highest BCUT2D eigenvalue weighted by molar-refractivity contribution is 7.90. The monoisotopic (exact) mass is 344 g/mol. The topological polar surface area (TPSA) is 90.0 Å². The van der Waals surface area contributed by atoms with E-state index in [-0.39, 0.29) is 5.95 Å². The van der Waals surface area contributed by atoms with Crippen LogP contribution in [0, 0.1) is 0 Å². The van der Waals surface area contributed by atoms with Crippen molar-refractivity contribution >= 4 is 32.7 Å². The number of nitrogens with one attached hydrogen (secondary N) is 1. The van der Waals surface area contributed by atoms with Crippen LogP contribution in [-0.2, 0) is 16.6 Å². The second kappa shape index (κ2) is 6.16. The third-order valence-electron chi connectivity index (χ3n) is 3.83. The zero-order chi connectivity index (χ0) is 17.3. The maximum absolute atomic E-state index is 12.5. The van der Waals surface area contributed by atoms with E-state index in [0.717, 1.165) is 15.2 Å². The van der Waals surface area contributed by atoms with Crippen molar-refractivity contribution in [2.24, 2.45) is 0 Å². The Balaban J connectivity index is 1.93. The summed E-state index contributed by atoms with van der Waals surface area (Å²) in [5.74, 6) is -0.0149. The van der Waals surface area contributed by atoms with Crippen molar-refractivity contribution in [3.63, 3.8) is 0 Å². The zero-order valence-corrected chi connectivity index (χ0v) is 14.4. The van der Waals surface area contributed by atoms with Gasteiger partial charge in [-0.25, -0.2) is 17.4 Å². The van der Waals surface area contributed by atoms with Gasteiger partial charge < -0.3 is 11.1 Å². The molecular weight excluding hydrogens is 324 g/mol. The molecule has 1 heterocycles. The van der Waals surface area contributed by atoms with Crippen LogP contribution < -0.4 is 11.1 Å². The van der Waals surface area contributed by atoms with Gasteiger partial charge in [0.05, 0.1) is 16.3 Å². The van der Waals surface area contributed by atoms with Crippen LogP contribution in [0.15, 0.2) is 48.5 Å². The average molecular weight is 344 g/mol. The molecule has 0 amide bonds. The molecule has 7 heteroatoms. The van der Waals surface area contributed by atoms with Gasteiger partial charge in [0, 0.05) is 12.2 Å². The highest BCUT2D eigenvalue weighted by Crippen LogP contribution is 2.25. The number of nitrogens with zero attached hydrogens (tertiary/aromatic N) is 2. The molecule has 126 valence electrons. The predicted octanol–water partition coefficient (Wildman–Crippen LogP) is 2.82. The van der Waals surface area contributed by atoms with Crippen molar-refractivity contribution in [1.29, 1.82) is 0 Å². The van der Waals surface area contributed by atoms with Gasteiger partial charge in [-0.1, -0.05) is 30.3 Å². The fraction of sp³-hybridized carbons (Fsp3) is 0.235. The molecule has 0 saturated heterocycles. The molecule has 1 aromatic heterocycles. The minimum absolute atomic E-state index is 0.0149. The average Bonchev–Trinajstić information content (AvgIpc) is 2.89. The van der Waals surface area contributed by atoms with Crippen LogP contribution in [0.5, 0.6) is 0 Å². The van der Waals surface area contributed by atoms with Crippen molar-refractivity contribution in [2.75, 3.05) is 11.1 Å². The van der Waals surface area contributed by atoms with Crippen LogP contribution in [0.4, 0.5) is 11.6 Å². The Morgan fingerprint density at radius 1 is 1.17 bits per heavy atom. The SMILES string of the molecule is CC(C)S(=O)(=O)n1c(N)nc2cc(NCc3ccccc3)ccc21. The number of imidazole rings is 1. The van der Waals surface area contributed by atoms with Crippen molar-refractivity contribution in [3.05, 3.63) is 54.1 Å². The lowest BCUT2D eigenvalue weighted by molar-refractivity contribution is 0.580. The Hall–Kier alpha value is -2.54.